The van der Waals surface area contributed by atoms with E-state index in [9.17, 15) is 14.7 Å². The van der Waals surface area contributed by atoms with Gasteiger partial charge in [0.25, 0.3) is 0 Å². The molecule has 1 aliphatic rings. The molecule has 5 rings (SSSR count). The summed E-state index contributed by atoms with van der Waals surface area (Å²) >= 11 is 1.04. The average molecular weight is 510 g/mol. The van der Waals surface area contributed by atoms with Crippen LogP contribution in [0, 0.1) is 0 Å². The Morgan fingerprint density at radius 1 is 0.917 bits per heavy atom. The van der Waals surface area contributed by atoms with E-state index >= 15 is 0 Å². The van der Waals surface area contributed by atoms with Crippen molar-refractivity contribution in [3.63, 3.8) is 0 Å². The molecular formula is C26H20N3NaO5S. The van der Waals surface area contributed by atoms with Crippen molar-refractivity contribution in [3.8, 4) is 11.5 Å². The molecule has 176 valence electrons. The van der Waals surface area contributed by atoms with Crippen molar-refractivity contribution in [2.45, 2.75) is 6.42 Å². The van der Waals surface area contributed by atoms with Crippen LogP contribution in [0.5, 0.6) is 11.5 Å². The number of ether oxygens (including phenoxy) is 2. The Kier molecular flexibility index (Phi) is 7.75. The van der Waals surface area contributed by atoms with Crippen molar-refractivity contribution in [3.05, 3.63) is 82.9 Å². The number of allylic oxidation sites excluding steroid dienone is 1. The van der Waals surface area contributed by atoms with Gasteiger partial charge < -0.3 is 24.3 Å². The maximum absolute atomic E-state index is 13.8. The monoisotopic (exact) mass is 509 g/mol. The third kappa shape index (κ3) is 5.15. The Morgan fingerprint density at radius 3 is 2.33 bits per heavy atom. The molecule has 0 atom stereocenters. The SMILES string of the molecule is CN(C)c1ccc(CC(C(=O)c2ccc3c(c2)OCO3)=C(C(=O)[O-])c2ccc3nsnc3c2)cc1.[Na+]. The van der Waals surface area contributed by atoms with Crippen molar-refractivity contribution < 1.29 is 53.7 Å². The predicted octanol–water partition coefficient (Wildman–Crippen LogP) is 0.119. The zero-order chi connectivity index (χ0) is 24.5. The van der Waals surface area contributed by atoms with E-state index in [0.29, 0.717) is 33.7 Å². The minimum Gasteiger partial charge on any atom is -0.545 e. The van der Waals surface area contributed by atoms with Gasteiger partial charge in [-0.25, -0.2) is 0 Å². The standard InChI is InChI=1S/C26H21N3O5S.Na/c1-29(2)18-7-3-15(4-8-18)11-19(25(30)17-6-10-22-23(13-17)34-14-33-22)24(26(31)32)16-5-9-20-21(12-16)28-35-27-20;/h3-10,12-13H,11,14H2,1-2H3,(H,31,32);/q;+1/p-1. The number of hydrogen-bond acceptors (Lipinski definition) is 9. The summed E-state index contributed by atoms with van der Waals surface area (Å²) in [5, 5.41) is 12.5. The van der Waals surface area contributed by atoms with Gasteiger partial charge in [0.15, 0.2) is 17.3 Å². The van der Waals surface area contributed by atoms with Crippen molar-refractivity contribution in [2.24, 2.45) is 0 Å². The second kappa shape index (κ2) is 10.8. The Morgan fingerprint density at radius 2 is 1.61 bits per heavy atom. The fraction of sp³-hybridized carbons (Fsp3) is 0.154. The molecule has 0 radical (unpaired) electrons. The maximum atomic E-state index is 13.8. The Bertz CT molecular complexity index is 1480. The molecule has 0 saturated carbocycles. The van der Waals surface area contributed by atoms with Crippen LogP contribution in [0.2, 0.25) is 0 Å². The van der Waals surface area contributed by atoms with Crippen molar-refractivity contribution >= 4 is 45.8 Å². The molecule has 1 aromatic heterocycles. The van der Waals surface area contributed by atoms with E-state index < -0.39 is 11.8 Å². The second-order valence-electron chi connectivity index (χ2n) is 8.24. The topological polar surface area (TPSA) is 105 Å². The number of aliphatic carboxylic acids is 1. The molecule has 3 aromatic carbocycles. The van der Waals surface area contributed by atoms with E-state index in [2.05, 4.69) is 8.75 Å². The molecule has 10 heteroatoms. The van der Waals surface area contributed by atoms with Gasteiger partial charge in [-0.05, 0) is 53.6 Å². The maximum Gasteiger partial charge on any atom is 1.00 e. The molecular weight excluding hydrogens is 489 g/mol. The number of ketones is 1. The first-order chi connectivity index (χ1) is 16.9. The van der Waals surface area contributed by atoms with Crippen molar-refractivity contribution in [1.82, 2.24) is 8.75 Å². The van der Waals surface area contributed by atoms with Gasteiger partial charge >= 0.3 is 29.6 Å². The van der Waals surface area contributed by atoms with Crippen LogP contribution in [0.25, 0.3) is 16.6 Å². The number of carboxylic acid groups (broad SMARTS) is 1. The van der Waals surface area contributed by atoms with Crippen molar-refractivity contribution in [1.29, 1.82) is 0 Å². The summed E-state index contributed by atoms with van der Waals surface area (Å²) in [6.07, 6.45) is 0.0949. The molecule has 0 N–H and O–H groups in total. The fourth-order valence-electron chi connectivity index (χ4n) is 3.96. The number of carbonyl (C=O) groups excluding carboxylic acids is 2. The van der Waals surface area contributed by atoms with Gasteiger partial charge in [0.2, 0.25) is 6.79 Å². The van der Waals surface area contributed by atoms with Gasteiger partial charge in [-0.3, -0.25) is 4.79 Å². The number of rotatable bonds is 7. The molecule has 0 aliphatic carbocycles. The predicted molar refractivity (Wildman–Crippen MR) is 131 cm³/mol. The number of aromatic nitrogens is 2. The quantitative estimate of drug-likeness (QED) is 0.197. The Hall–Kier alpha value is -3.24. The normalized spacial score (nSPS) is 12.6. The molecule has 0 saturated heterocycles. The van der Waals surface area contributed by atoms with E-state index in [1.54, 1.807) is 36.4 Å². The van der Waals surface area contributed by atoms with Crippen LogP contribution in [-0.4, -0.2) is 41.4 Å². The Balaban J connectivity index is 0.00000304. The van der Waals surface area contributed by atoms with Gasteiger partial charge in [0.1, 0.15) is 11.0 Å². The number of benzene rings is 3. The summed E-state index contributed by atoms with van der Waals surface area (Å²) in [6, 6.07) is 17.3. The van der Waals surface area contributed by atoms with Crippen LogP contribution in [0.4, 0.5) is 5.69 Å². The molecule has 36 heavy (non-hydrogen) atoms. The zero-order valence-corrected chi connectivity index (χ0v) is 22.8. The largest absolute Gasteiger partial charge is 1.00 e. The van der Waals surface area contributed by atoms with E-state index in [1.165, 1.54) is 0 Å². The van der Waals surface area contributed by atoms with Gasteiger partial charge in [-0.2, -0.15) is 8.75 Å². The van der Waals surface area contributed by atoms with Crippen molar-refractivity contribution in [2.75, 3.05) is 25.8 Å². The minimum absolute atomic E-state index is 0. The molecule has 8 nitrogen and oxygen atoms in total. The number of carbonyl (C=O) groups is 2. The van der Waals surface area contributed by atoms with Crippen LogP contribution in [0.15, 0.2) is 66.2 Å². The molecule has 4 aromatic rings. The van der Waals surface area contributed by atoms with Gasteiger partial charge in [0, 0.05) is 42.9 Å². The molecule has 0 amide bonds. The summed E-state index contributed by atoms with van der Waals surface area (Å²) < 4.78 is 19.1. The third-order valence-corrected chi connectivity index (χ3v) is 6.35. The molecule has 0 spiro atoms. The smallest absolute Gasteiger partial charge is 0.545 e. The average Bonchev–Trinajstić information content (AvgIpc) is 3.51. The van der Waals surface area contributed by atoms with Crippen LogP contribution in [0.1, 0.15) is 21.5 Å². The minimum atomic E-state index is -1.44. The first-order valence-electron chi connectivity index (χ1n) is 10.8. The van der Waals surface area contributed by atoms with Crippen LogP contribution in [0.3, 0.4) is 0 Å². The van der Waals surface area contributed by atoms with E-state index in [0.717, 1.165) is 23.0 Å². The second-order valence-corrected chi connectivity index (χ2v) is 8.77. The van der Waals surface area contributed by atoms with E-state index in [1.807, 2.05) is 43.3 Å². The molecule has 0 bridgehead atoms. The molecule has 2 heterocycles. The number of carboxylic acids is 1. The first kappa shape index (κ1) is 25.8. The number of fused-ring (bicyclic) bond motifs is 2. The fourth-order valence-corrected chi connectivity index (χ4v) is 4.48. The van der Waals surface area contributed by atoms with Crippen LogP contribution < -0.4 is 49.0 Å². The molecule has 1 aliphatic heterocycles. The van der Waals surface area contributed by atoms with Gasteiger partial charge in [0.05, 0.1) is 17.7 Å². The zero-order valence-electron chi connectivity index (χ0n) is 20.0. The number of hydrogen-bond donors (Lipinski definition) is 0. The molecule has 0 fully saturated rings. The van der Waals surface area contributed by atoms with E-state index in [-0.39, 0.29) is 53.9 Å². The number of Topliss-reactive ketones (excluding diaryl/α,β-unsaturated/α-hetero) is 1. The molecule has 0 unspecified atom stereocenters. The number of anilines is 1. The van der Waals surface area contributed by atoms with Gasteiger partial charge in [-0.1, -0.05) is 18.2 Å². The third-order valence-electron chi connectivity index (χ3n) is 5.79. The van der Waals surface area contributed by atoms with Crippen LogP contribution >= 0.6 is 11.7 Å². The first-order valence-corrected chi connectivity index (χ1v) is 11.5. The summed E-state index contributed by atoms with van der Waals surface area (Å²) in [5.74, 6) is -0.902. The Labute approximate surface area is 233 Å². The summed E-state index contributed by atoms with van der Waals surface area (Å²) in [4.78, 5) is 28.2. The summed E-state index contributed by atoms with van der Waals surface area (Å²) in [6.45, 7) is 0.0693. The number of nitrogens with zero attached hydrogens (tertiary/aromatic N) is 3. The van der Waals surface area contributed by atoms with E-state index in [4.69, 9.17) is 9.47 Å². The van der Waals surface area contributed by atoms with Crippen LogP contribution in [-0.2, 0) is 11.2 Å². The summed E-state index contributed by atoms with van der Waals surface area (Å²) in [7, 11) is 3.86. The van der Waals surface area contributed by atoms with Gasteiger partial charge in [-0.15, -0.1) is 0 Å². The summed E-state index contributed by atoms with van der Waals surface area (Å²) in [5.41, 5.74) is 3.53.